The molecule has 2 atom stereocenters. The van der Waals surface area contributed by atoms with E-state index in [1.165, 1.54) is 13.0 Å². The first-order valence-electron chi connectivity index (χ1n) is 11.8. The van der Waals surface area contributed by atoms with Crippen molar-refractivity contribution >= 4 is 11.6 Å². The SMILES string of the molecule is C=CC(C)(F)c1ccc(C(C)N2CCC(=O)C(=C(O)C(C)(C)CC(=O)C3CCC3)C2=C)cc1. The fraction of sp³-hybridized carbons (Fsp3) is 0.500. The second-order valence-electron chi connectivity index (χ2n) is 10.3. The Morgan fingerprint density at radius 1 is 1.27 bits per heavy atom. The molecule has 4 nitrogen and oxygen atoms in total. The number of halogens is 1. The van der Waals surface area contributed by atoms with Gasteiger partial charge in [0.2, 0.25) is 0 Å². The quantitative estimate of drug-likeness (QED) is 0.277. The zero-order chi connectivity index (χ0) is 24.6. The summed E-state index contributed by atoms with van der Waals surface area (Å²) in [6, 6.07) is 7.10. The Morgan fingerprint density at radius 3 is 2.39 bits per heavy atom. The molecule has 2 aliphatic rings. The molecule has 178 valence electrons. The third-order valence-electron chi connectivity index (χ3n) is 7.36. The van der Waals surface area contributed by atoms with Crippen LogP contribution in [0.1, 0.15) is 77.0 Å². The van der Waals surface area contributed by atoms with E-state index >= 15 is 0 Å². The van der Waals surface area contributed by atoms with Gasteiger partial charge in [0, 0.05) is 36.4 Å². The van der Waals surface area contributed by atoms with Gasteiger partial charge in [0.25, 0.3) is 0 Å². The Balaban J connectivity index is 1.84. The van der Waals surface area contributed by atoms with Gasteiger partial charge in [-0.3, -0.25) is 9.59 Å². The van der Waals surface area contributed by atoms with Crippen molar-refractivity contribution in [3.05, 3.63) is 71.7 Å². The van der Waals surface area contributed by atoms with Crippen LogP contribution in [0.4, 0.5) is 4.39 Å². The molecule has 1 aromatic rings. The van der Waals surface area contributed by atoms with Crippen LogP contribution in [0.2, 0.25) is 0 Å². The van der Waals surface area contributed by atoms with E-state index in [0.29, 0.717) is 17.8 Å². The van der Waals surface area contributed by atoms with Crippen molar-refractivity contribution in [1.29, 1.82) is 0 Å². The van der Waals surface area contributed by atoms with Gasteiger partial charge in [-0.25, -0.2) is 4.39 Å². The normalized spacial score (nSPS) is 21.8. The average molecular weight is 454 g/mol. The predicted octanol–water partition coefficient (Wildman–Crippen LogP) is 6.50. The van der Waals surface area contributed by atoms with Crippen molar-refractivity contribution in [2.75, 3.05) is 6.54 Å². The van der Waals surface area contributed by atoms with Gasteiger partial charge in [0.1, 0.15) is 11.5 Å². The number of hydrogen-bond donors (Lipinski definition) is 1. The number of piperidine rings is 1. The van der Waals surface area contributed by atoms with Crippen LogP contribution in [0, 0.1) is 11.3 Å². The fourth-order valence-corrected chi connectivity index (χ4v) is 4.60. The van der Waals surface area contributed by atoms with Crippen molar-refractivity contribution in [2.24, 2.45) is 11.3 Å². The van der Waals surface area contributed by atoms with Crippen LogP contribution in [0.5, 0.6) is 0 Å². The number of likely N-dealkylation sites (tertiary alicyclic amines) is 1. The maximum atomic E-state index is 14.5. The van der Waals surface area contributed by atoms with E-state index in [9.17, 15) is 19.1 Å². The monoisotopic (exact) mass is 453 g/mol. The number of benzene rings is 1. The first-order valence-corrected chi connectivity index (χ1v) is 11.8. The van der Waals surface area contributed by atoms with Crippen LogP contribution in [-0.2, 0) is 15.3 Å². The molecule has 0 spiro atoms. The van der Waals surface area contributed by atoms with Crippen molar-refractivity contribution < 1.29 is 19.1 Å². The molecule has 2 unspecified atom stereocenters. The summed E-state index contributed by atoms with van der Waals surface area (Å²) in [5.41, 5.74) is -0.285. The van der Waals surface area contributed by atoms with E-state index in [1.54, 1.807) is 26.0 Å². The van der Waals surface area contributed by atoms with E-state index in [4.69, 9.17) is 0 Å². The highest BCUT2D eigenvalue weighted by Gasteiger charge is 2.38. The summed E-state index contributed by atoms with van der Waals surface area (Å²) in [4.78, 5) is 27.4. The van der Waals surface area contributed by atoms with E-state index in [1.807, 2.05) is 24.0 Å². The molecule has 2 fully saturated rings. The van der Waals surface area contributed by atoms with Gasteiger partial charge < -0.3 is 10.0 Å². The molecule has 1 aromatic carbocycles. The minimum atomic E-state index is -1.60. The standard InChI is InChI=1S/C28H36FNO3/c1-7-28(6,29)22-13-11-20(12-14-22)18(2)30-16-15-23(31)25(19(30)3)26(33)27(4,5)17-24(32)21-9-8-10-21/h7,11-14,18,21,33H,1,3,8-10,15-17H2,2,4-6H3. The van der Waals surface area contributed by atoms with Gasteiger partial charge in [0.15, 0.2) is 11.5 Å². The van der Waals surface area contributed by atoms with Crippen LogP contribution >= 0.6 is 0 Å². The third-order valence-corrected chi connectivity index (χ3v) is 7.36. The molecule has 0 amide bonds. The lowest BCUT2D eigenvalue weighted by Crippen LogP contribution is -2.38. The minimum absolute atomic E-state index is 0.0587. The Morgan fingerprint density at radius 2 is 1.88 bits per heavy atom. The summed E-state index contributed by atoms with van der Waals surface area (Å²) in [7, 11) is 0. The highest BCUT2D eigenvalue weighted by atomic mass is 19.1. The zero-order valence-electron chi connectivity index (χ0n) is 20.3. The number of rotatable bonds is 8. The molecule has 33 heavy (non-hydrogen) atoms. The second kappa shape index (κ2) is 9.28. The second-order valence-corrected chi connectivity index (χ2v) is 10.3. The van der Waals surface area contributed by atoms with Gasteiger partial charge in [-0.15, -0.1) is 0 Å². The Bertz CT molecular complexity index is 983. The molecule has 1 saturated heterocycles. The molecule has 1 saturated carbocycles. The highest BCUT2D eigenvalue weighted by molar-refractivity contribution is 6.01. The van der Waals surface area contributed by atoms with Crippen LogP contribution < -0.4 is 0 Å². The van der Waals surface area contributed by atoms with Gasteiger partial charge >= 0.3 is 0 Å². The number of alkyl halides is 1. The molecule has 0 bridgehead atoms. The van der Waals surface area contributed by atoms with Gasteiger partial charge in [0.05, 0.1) is 11.6 Å². The summed E-state index contributed by atoms with van der Waals surface area (Å²) in [5.74, 6) is 0.0207. The number of nitrogens with zero attached hydrogens (tertiary/aromatic N) is 1. The van der Waals surface area contributed by atoms with Crippen molar-refractivity contribution in [3.8, 4) is 0 Å². The number of ketones is 2. The maximum absolute atomic E-state index is 14.5. The Kier molecular flexibility index (Phi) is 7.01. The molecule has 1 aliphatic heterocycles. The first-order chi connectivity index (χ1) is 15.4. The third kappa shape index (κ3) is 4.97. The molecular weight excluding hydrogens is 417 g/mol. The molecular formula is C28H36FNO3. The van der Waals surface area contributed by atoms with E-state index in [-0.39, 0.29) is 47.7 Å². The summed E-state index contributed by atoms with van der Waals surface area (Å²) >= 11 is 0. The lowest BCUT2D eigenvalue weighted by atomic mass is 9.74. The summed E-state index contributed by atoms with van der Waals surface area (Å²) < 4.78 is 14.5. The maximum Gasteiger partial charge on any atom is 0.170 e. The Hall–Kier alpha value is -2.69. The number of aliphatic hydroxyl groups excluding tert-OH is 1. The number of allylic oxidation sites excluding steroid dienone is 3. The number of Topliss-reactive ketones (excluding diaryl/α,β-unsaturated/α-hetero) is 2. The Labute approximate surface area is 196 Å². The summed E-state index contributed by atoms with van der Waals surface area (Å²) in [6.45, 7) is 15.3. The molecule has 1 heterocycles. The summed E-state index contributed by atoms with van der Waals surface area (Å²) in [6.07, 6.45) is 4.64. The molecule has 0 aromatic heterocycles. The van der Waals surface area contributed by atoms with Crippen LogP contribution in [0.25, 0.3) is 0 Å². The van der Waals surface area contributed by atoms with Crippen LogP contribution in [0.15, 0.2) is 60.5 Å². The van der Waals surface area contributed by atoms with Gasteiger partial charge in [-0.1, -0.05) is 63.8 Å². The first kappa shape index (κ1) is 24.9. The lowest BCUT2D eigenvalue weighted by molar-refractivity contribution is -0.127. The highest BCUT2D eigenvalue weighted by Crippen LogP contribution is 2.41. The van der Waals surface area contributed by atoms with E-state index in [0.717, 1.165) is 24.8 Å². The number of carbonyl (C=O) groups excluding carboxylic acids is 2. The molecule has 0 radical (unpaired) electrons. The molecule has 1 N–H and O–H groups in total. The average Bonchev–Trinajstić information content (AvgIpc) is 2.71. The van der Waals surface area contributed by atoms with E-state index in [2.05, 4.69) is 13.2 Å². The summed E-state index contributed by atoms with van der Waals surface area (Å²) in [5, 5.41) is 11.2. The van der Waals surface area contributed by atoms with Crippen molar-refractivity contribution in [3.63, 3.8) is 0 Å². The zero-order valence-corrected chi connectivity index (χ0v) is 20.3. The molecule has 3 rings (SSSR count). The molecule has 1 aliphatic carbocycles. The minimum Gasteiger partial charge on any atom is -0.511 e. The van der Waals surface area contributed by atoms with Crippen LogP contribution in [0.3, 0.4) is 0 Å². The predicted molar refractivity (Wildman–Crippen MR) is 129 cm³/mol. The van der Waals surface area contributed by atoms with Gasteiger partial charge in [-0.2, -0.15) is 0 Å². The smallest absolute Gasteiger partial charge is 0.170 e. The molecule has 5 heteroatoms. The lowest BCUT2D eigenvalue weighted by Gasteiger charge is -2.39. The number of hydrogen-bond acceptors (Lipinski definition) is 4. The number of carbonyl (C=O) groups is 2. The van der Waals surface area contributed by atoms with Crippen molar-refractivity contribution in [1.82, 2.24) is 4.90 Å². The largest absolute Gasteiger partial charge is 0.511 e. The fourth-order valence-electron chi connectivity index (χ4n) is 4.60. The van der Waals surface area contributed by atoms with Crippen molar-refractivity contribution in [2.45, 2.75) is 71.5 Å². The van der Waals surface area contributed by atoms with E-state index < -0.39 is 11.1 Å². The van der Waals surface area contributed by atoms with Crippen LogP contribution in [-0.4, -0.2) is 28.1 Å². The topological polar surface area (TPSA) is 57.6 Å². The van der Waals surface area contributed by atoms with Gasteiger partial charge in [-0.05, 0) is 37.8 Å². The number of aliphatic hydroxyl groups is 1.